The minimum atomic E-state index is -4.50. The minimum absolute atomic E-state index is 0.133. The quantitative estimate of drug-likeness (QED) is 0.336. The monoisotopic (exact) mass is 408 g/mol. The van der Waals surface area contributed by atoms with Gasteiger partial charge in [-0.25, -0.2) is 4.79 Å². The van der Waals surface area contributed by atoms with Gasteiger partial charge in [-0.2, -0.15) is 13.2 Å². The van der Waals surface area contributed by atoms with E-state index in [-0.39, 0.29) is 11.3 Å². The first kappa shape index (κ1) is 21.6. The van der Waals surface area contributed by atoms with Crippen LogP contribution in [0.4, 0.5) is 24.5 Å². The van der Waals surface area contributed by atoms with Gasteiger partial charge >= 0.3 is 12.1 Å². The van der Waals surface area contributed by atoms with Gasteiger partial charge in [0.15, 0.2) is 6.61 Å². The number of rotatable bonds is 6. The smallest absolute Gasteiger partial charge is 0.416 e. The lowest BCUT2D eigenvalue weighted by molar-refractivity contribution is -0.384. The Balaban J connectivity index is 1.90. The number of carbonyl (C=O) groups excluding carboxylic acids is 2. The zero-order valence-corrected chi connectivity index (χ0v) is 15.0. The van der Waals surface area contributed by atoms with Crippen LogP contribution in [-0.2, 0) is 20.5 Å². The van der Waals surface area contributed by atoms with Crippen molar-refractivity contribution >= 4 is 29.3 Å². The molecular weight excluding hydrogens is 393 g/mol. The highest BCUT2D eigenvalue weighted by molar-refractivity contribution is 5.95. The molecule has 0 atom stereocenters. The number of nitrogens with one attached hydrogen (secondary N) is 1. The first-order valence-corrected chi connectivity index (χ1v) is 8.13. The third kappa shape index (κ3) is 6.45. The topological polar surface area (TPSA) is 98.5 Å². The number of nitro groups is 1. The third-order valence-corrected chi connectivity index (χ3v) is 3.67. The number of carbonyl (C=O) groups is 2. The van der Waals surface area contributed by atoms with Gasteiger partial charge < -0.3 is 10.1 Å². The van der Waals surface area contributed by atoms with Gasteiger partial charge in [0.05, 0.1) is 10.5 Å². The summed E-state index contributed by atoms with van der Waals surface area (Å²) in [5.41, 5.74) is -0.0836. The number of anilines is 1. The predicted molar refractivity (Wildman–Crippen MR) is 97.9 cm³/mol. The summed E-state index contributed by atoms with van der Waals surface area (Å²) >= 11 is 0. The number of halogens is 3. The molecule has 7 nitrogen and oxygen atoms in total. The summed E-state index contributed by atoms with van der Waals surface area (Å²) in [6, 6.07) is 8.19. The number of aryl methyl sites for hydroxylation is 1. The summed E-state index contributed by atoms with van der Waals surface area (Å²) in [6.07, 6.45) is -2.46. The fourth-order valence-electron chi connectivity index (χ4n) is 2.26. The number of non-ortho nitro benzene ring substituents is 1. The Morgan fingerprint density at radius 2 is 1.93 bits per heavy atom. The zero-order chi connectivity index (χ0) is 21.6. The van der Waals surface area contributed by atoms with Crippen molar-refractivity contribution in [3.63, 3.8) is 0 Å². The van der Waals surface area contributed by atoms with Crippen LogP contribution in [0.2, 0.25) is 0 Å². The normalized spacial score (nSPS) is 11.3. The maximum Gasteiger partial charge on any atom is 0.416 e. The number of esters is 1. The summed E-state index contributed by atoms with van der Waals surface area (Å²) in [6.45, 7) is 0.925. The molecular formula is C19H15F3N2O5. The Morgan fingerprint density at radius 3 is 2.55 bits per heavy atom. The van der Waals surface area contributed by atoms with Crippen LogP contribution in [-0.4, -0.2) is 23.4 Å². The number of amides is 1. The Morgan fingerprint density at radius 1 is 1.21 bits per heavy atom. The molecule has 1 N–H and O–H groups in total. The van der Waals surface area contributed by atoms with Crippen molar-refractivity contribution in [3.8, 4) is 0 Å². The van der Waals surface area contributed by atoms with Crippen LogP contribution in [0.1, 0.15) is 16.7 Å². The number of alkyl halides is 3. The van der Waals surface area contributed by atoms with Crippen molar-refractivity contribution in [2.24, 2.45) is 0 Å². The largest absolute Gasteiger partial charge is 0.452 e. The lowest BCUT2D eigenvalue weighted by Gasteiger charge is -2.08. The summed E-state index contributed by atoms with van der Waals surface area (Å²) in [7, 11) is 0. The number of hydrogen-bond acceptors (Lipinski definition) is 5. The molecule has 0 saturated carbocycles. The molecule has 152 valence electrons. The van der Waals surface area contributed by atoms with E-state index in [9.17, 15) is 32.9 Å². The van der Waals surface area contributed by atoms with Crippen molar-refractivity contribution in [1.29, 1.82) is 0 Å². The van der Waals surface area contributed by atoms with E-state index < -0.39 is 35.1 Å². The Labute approximate surface area is 162 Å². The average Bonchev–Trinajstić information content (AvgIpc) is 2.65. The SMILES string of the molecule is Cc1cc([N+](=O)[O-])ccc1NC(=O)COC(=O)/C=C/c1cccc(C(F)(F)F)c1. The van der Waals surface area contributed by atoms with Crippen molar-refractivity contribution in [3.05, 3.63) is 75.3 Å². The molecule has 2 aromatic rings. The third-order valence-electron chi connectivity index (χ3n) is 3.67. The van der Waals surface area contributed by atoms with Crippen LogP contribution in [0.15, 0.2) is 48.5 Å². The highest BCUT2D eigenvalue weighted by Gasteiger charge is 2.30. The molecule has 0 radical (unpaired) electrons. The summed E-state index contributed by atoms with van der Waals surface area (Å²) in [5, 5.41) is 13.1. The van der Waals surface area contributed by atoms with Gasteiger partial charge in [0, 0.05) is 23.9 Å². The lowest BCUT2D eigenvalue weighted by atomic mass is 10.1. The fraction of sp³-hybridized carbons (Fsp3) is 0.158. The Bertz CT molecular complexity index is 971. The van der Waals surface area contributed by atoms with Gasteiger partial charge in [-0.05, 0) is 42.3 Å². The zero-order valence-electron chi connectivity index (χ0n) is 15.0. The Hall–Kier alpha value is -3.69. The molecule has 2 rings (SSSR count). The molecule has 1 amide bonds. The summed E-state index contributed by atoms with van der Waals surface area (Å²) < 4.78 is 42.7. The first-order valence-electron chi connectivity index (χ1n) is 8.13. The van der Waals surface area contributed by atoms with Gasteiger partial charge in [0.2, 0.25) is 0 Å². The van der Waals surface area contributed by atoms with E-state index in [0.29, 0.717) is 11.3 Å². The average molecular weight is 408 g/mol. The standard InChI is InChI=1S/C19H15F3N2O5/c1-12-9-15(24(27)28)6-7-16(12)23-17(25)11-29-18(26)8-5-13-3-2-4-14(10-13)19(20,21)22/h2-10H,11H2,1H3,(H,23,25)/b8-5+. The molecule has 0 fully saturated rings. The molecule has 0 aromatic heterocycles. The molecule has 2 aromatic carbocycles. The van der Waals surface area contributed by atoms with Crippen LogP contribution in [0.3, 0.4) is 0 Å². The number of nitrogens with zero attached hydrogens (tertiary/aromatic N) is 1. The van der Waals surface area contributed by atoms with Crippen LogP contribution < -0.4 is 5.32 Å². The highest BCUT2D eigenvalue weighted by atomic mass is 19.4. The molecule has 0 bridgehead atoms. The number of ether oxygens (including phenoxy) is 1. The summed E-state index contributed by atoms with van der Waals surface area (Å²) in [4.78, 5) is 33.6. The van der Waals surface area contributed by atoms with Crippen molar-refractivity contribution in [1.82, 2.24) is 0 Å². The van der Waals surface area contributed by atoms with E-state index in [1.54, 1.807) is 6.92 Å². The highest BCUT2D eigenvalue weighted by Crippen LogP contribution is 2.29. The number of nitro benzene ring substituents is 1. The van der Waals surface area contributed by atoms with Crippen LogP contribution >= 0.6 is 0 Å². The molecule has 0 aliphatic heterocycles. The minimum Gasteiger partial charge on any atom is -0.452 e. The van der Waals surface area contributed by atoms with Gasteiger partial charge in [0.1, 0.15) is 0 Å². The first-order chi connectivity index (χ1) is 13.6. The van der Waals surface area contributed by atoms with Crippen molar-refractivity contribution < 1.29 is 32.4 Å². The van der Waals surface area contributed by atoms with E-state index in [1.807, 2.05) is 0 Å². The molecule has 0 spiro atoms. The van der Waals surface area contributed by atoms with Crippen LogP contribution in [0, 0.1) is 17.0 Å². The van der Waals surface area contributed by atoms with Crippen molar-refractivity contribution in [2.45, 2.75) is 13.1 Å². The second-order valence-electron chi connectivity index (χ2n) is 5.87. The second-order valence-corrected chi connectivity index (χ2v) is 5.87. The van der Waals surface area contributed by atoms with E-state index in [1.165, 1.54) is 30.3 Å². The molecule has 10 heteroatoms. The lowest BCUT2D eigenvalue weighted by Crippen LogP contribution is -2.20. The van der Waals surface area contributed by atoms with Crippen molar-refractivity contribution in [2.75, 3.05) is 11.9 Å². The molecule has 0 aliphatic rings. The van der Waals surface area contributed by atoms with E-state index >= 15 is 0 Å². The second kappa shape index (κ2) is 9.00. The summed E-state index contributed by atoms with van der Waals surface area (Å²) in [5.74, 6) is -1.60. The number of hydrogen-bond donors (Lipinski definition) is 1. The van der Waals surface area contributed by atoms with Gasteiger partial charge in [-0.1, -0.05) is 12.1 Å². The van der Waals surface area contributed by atoms with Gasteiger partial charge in [-0.15, -0.1) is 0 Å². The van der Waals surface area contributed by atoms with Gasteiger partial charge in [-0.3, -0.25) is 14.9 Å². The van der Waals surface area contributed by atoms with E-state index in [2.05, 4.69) is 5.32 Å². The molecule has 0 heterocycles. The van der Waals surface area contributed by atoms with Gasteiger partial charge in [0.25, 0.3) is 11.6 Å². The maximum absolute atomic E-state index is 12.7. The molecule has 29 heavy (non-hydrogen) atoms. The fourth-order valence-corrected chi connectivity index (χ4v) is 2.26. The molecule has 0 aliphatic carbocycles. The van der Waals surface area contributed by atoms with E-state index in [4.69, 9.17) is 4.74 Å². The molecule has 0 saturated heterocycles. The Kier molecular flexibility index (Phi) is 6.71. The van der Waals surface area contributed by atoms with E-state index in [0.717, 1.165) is 24.3 Å². The maximum atomic E-state index is 12.7. The molecule has 0 unspecified atom stereocenters. The predicted octanol–water partition coefficient (Wildman–Crippen LogP) is 4.12. The number of benzene rings is 2. The van der Waals surface area contributed by atoms with Crippen LogP contribution in [0.25, 0.3) is 6.08 Å². The van der Waals surface area contributed by atoms with Crippen LogP contribution in [0.5, 0.6) is 0 Å².